The van der Waals surface area contributed by atoms with E-state index in [4.69, 9.17) is 10.5 Å². The zero-order valence-electron chi connectivity index (χ0n) is 15.1. The van der Waals surface area contributed by atoms with E-state index in [2.05, 4.69) is 27.3 Å². The molecule has 26 heavy (non-hydrogen) atoms. The minimum Gasteiger partial charge on any atom is -0.497 e. The van der Waals surface area contributed by atoms with Gasteiger partial charge in [0, 0.05) is 25.0 Å². The maximum atomic E-state index is 12.1. The molecule has 140 valence electrons. The molecule has 0 spiro atoms. The van der Waals surface area contributed by atoms with E-state index in [-0.39, 0.29) is 5.91 Å². The number of piperidine rings is 1. The first-order valence-corrected chi connectivity index (χ1v) is 9.84. The first-order valence-electron chi connectivity index (χ1n) is 8.96. The summed E-state index contributed by atoms with van der Waals surface area (Å²) < 4.78 is 5.20. The Morgan fingerprint density at radius 3 is 2.69 bits per heavy atom. The molecule has 6 nitrogen and oxygen atoms in total. The summed E-state index contributed by atoms with van der Waals surface area (Å²) in [5.41, 5.74) is 7.32. The van der Waals surface area contributed by atoms with Gasteiger partial charge in [-0.25, -0.2) is 4.98 Å². The van der Waals surface area contributed by atoms with Gasteiger partial charge in [0.05, 0.1) is 7.11 Å². The summed E-state index contributed by atoms with van der Waals surface area (Å²) in [6.07, 6.45) is 2.20. The average molecular weight is 375 g/mol. The zero-order chi connectivity index (χ0) is 18.4. The maximum absolute atomic E-state index is 12.1. The molecule has 0 bridgehead atoms. The SMILES string of the molecule is COc1ccc(CN2CCC(CNC(=O)c3csc(CN)n3)CC2)cc1. The smallest absolute Gasteiger partial charge is 0.270 e. The van der Waals surface area contributed by atoms with Gasteiger partial charge in [-0.1, -0.05) is 12.1 Å². The summed E-state index contributed by atoms with van der Waals surface area (Å²) in [5, 5.41) is 5.58. The van der Waals surface area contributed by atoms with E-state index >= 15 is 0 Å². The lowest BCUT2D eigenvalue weighted by molar-refractivity contribution is 0.0931. The van der Waals surface area contributed by atoms with Crippen molar-refractivity contribution in [2.45, 2.75) is 25.9 Å². The number of hydrogen-bond acceptors (Lipinski definition) is 6. The molecule has 3 rings (SSSR count). The van der Waals surface area contributed by atoms with Crippen molar-refractivity contribution in [3.63, 3.8) is 0 Å². The highest BCUT2D eigenvalue weighted by atomic mass is 32.1. The number of thiazole rings is 1. The molecule has 0 unspecified atom stereocenters. The normalized spacial score (nSPS) is 15.8. The minimum atomic E-state index is -0.0957. The monoisotopic (exact) mass is 374 g/mol. The maximum Gasteiger partial charge on any atom is 0.270 e. The number of methoxy groups -OCH3 is 1. The van der Waals surface area contributed by atoms with Crippen molar-refractivity contribution in [1.29, 1.82) is 0 Å². The van der Waals surface area contributed by atoms with E-state index in [1.54, 1.807) is 12.5 Å². The predicted octanol–water partition coefficient (Wildman–Crippen LogP) is 2.25. The average Bonchev–Trinajstić information content (AvgIpc) is 3.17. The quantitative estimate of drug-likeness (QED) is 0.777. The van der Waals surface area contributed by atoms with Crippen molar-refractivity contribution in [2.24, 2.45) is 11.7 Å². The Kier molecular flexibility index (Phi) is 6.60. The number of aromatic nitrogens is 1. The van der Waals surface area contributed by atoms with Gasteiger partial charge in [0.15, 0.2) is 0 Å². The van der Waals surface area contributed by atoms with Crippen LogP contribution < -0.4 is 15.8 Å². The molecule has 1 aromatic heterocycles. The van der Waals surface area contributed by atoms with Crippen molar-refractivity contribution in [1.82, 2.24) is 15.2 Å². The Balaban J connectivity index is 1.39. The Bertz CT molecular complexity index is 709. The number of nitrogens with zero attached hydrogens (tertiary/aromatic N) is 2. The third-order valence-electron chi connectivity index (χ3n) is 4.78. The molecule has 2 aromatic rings. The predicted molar refractivity (Wildman–Crippen MR) is 103 cm³/mol. The standard InChI is InChI=1S/C19H26N4O2S/c1-25-16-4-2-15(3-5-16)12-23-8-6-14(7-9-23)11-21-19(24)17-13-26-18(10-20)22-17/h2-5,13-14H,6-12,20H2,1H3,(H,21,24). The summed E-state index contributed by atoms with van der Waals surface area (Å²) in [6, 6.07) is 8.25. The van der Waals surface area contributed by atoms with Gasteiger partial charge in [-0.3, -0.25) is 9.69 Å². The minimum absolute atomic E-state index is 0.0957. The first kappa shape index (κ1) is 18.8. The van der Waals surface area contributed by atoms with Gasteiger partial charge in [0.2, 0.25) is 0 Å². The van der Waals surface area contributed by atoms with Crippen molar-refractivity contribution in [2.75, 3.05) is 26.7 Å². The first-order chi connectivity index (χ1) is 12.7. The van der Waals surface area contributed by atoms with E-state index in [9.17, 15) is 4.79 Å². The summed E-state index contributed by atoms with van der Waals surface area (Å²) in [5.74, 6) is 1.32. The fourth-order valence-electron chi connectivity index (χ4n) is 3.17. The highest BCUT2D eigenvalue weighted by Gasteiger charge is 2.20. The lowest BCUT2D eigenvalue weighted by Gasteiger charge is -2.32. The van der Waals surface area contributed by atoms with Crippen LogP contribution in [-0.4, -0.2) is 42.5 Å². The van der Waals surface area contributed by atoms with Crippen LogP contribution in [0, 0.1) is 5.92 Å². The molecule has 3 N–H and O–H groups in total. The number of hydrogen-bond donors (Lipinski definition) is 2. The van der Waals surface area contributed by atoms with Crippen LogP contribution in [0.4, 0.5) is 0 Å². The van der Waals surface area contributed by atoms with Crippen LogP contribution in [0.2, 0.25) is 0 Å². The molecule has 1 fully saturated rings. The number of nitrogens with two attached hydrogens (primary N) is 1. The van der Waals surface area contributed by atoms with Gasteiger partial charge in [-0.15, -0.1) is 11.3 Å². The van der Waals surface area contributed by atoms with E-state index in [1.165, 1.54) is 16.9 Å². The number of carbonyl (C=O) groups excluding carboxylic acids is 1. The second kappa shape index (κ2) is 9.12. The van der Waals surface area contributed by atoms with Crippen molar-refractivity contribution >= 4 is 17.2 Å². The van der Waals surface area contributed by atoms with Gasteiger partial charge in [-0.2, -0.15) is 0 Å². The molecule has 1 aliphatic heterocycles. The van der Waals surface area contributed by atoms with Crippen LogP contribution in [0.3, 0.4) is 0 Å². The molecule has 0 atom stereocenters. The molecule has 7 heteroatoms. The molecule has 1 aromatic carbocycles. The van der Waals surface area contributed by atoms with Crippen LogP contribution >= 0.6 is 11.3 Å². The number of ether oxygens (including phenoxy) is 1. The van der Waals surface area contributed by atoms with Gasteiger partial charge < -0.3 is 15.8 Å². The largest absolute Gasteiger partial charge is 0.497 e. The number of nitrogens with one attached hydrogen (secondary N) is 1. The van der Waals surface area contributed by atoms with E-state index < -0.39 is 0 Å². The molecular formula is C19H26N4O2S. The zero-order valence-corrected chi connectivity index (χ0v) is 15.9. The molecular weight excluding hydrogens is 348 g/mol. The lowest BCUT2D eigenvalue weighted by Crippen LogP contribution is -2.38. The number of benzene rings is 1. The fraction of sp³-hybridized carbons (Fsp3) is 0.474. The number of likely N-dealkylation sites (tertiary alicyclic amines) is 1. The van der Waals surface area contributed by atoms with Crippen LogP contribution in [0.1, 0.15) is 33.9 Å². The number of carbonyl (C=O) groups is 1. The molecule has 0 radical (unpaired) electrons. The van der Waals surface area contributed by atoms with Crippen LogP contribution in [0.5, 0.6) is 5.75 Å². The lowest BCUT2D eigenvalue weighted by atomic mass is 9.96. The summed E-state index contributed by atoms with van der Waals surface area (Å²) in [7, 11) is 1.68. The Labute approximate surface area is 158 Å². The topological polar surface area (TPSA) is 80.5 Å². The molecule has 0 saturated carbocycles. The second-order valence-electron chi connectivity index (χ2n) is 6.61. The van der Waals surface area contributed by atoms with E-state index in [0.717, 1.165) is 43.2 Å². The Morgan fingerprint density at radius 1 is 1.35 bits per heavy atom. The highest BCUT2D eigenvalue weighted by molar-refractivity contribution is 7.09. The Hall–Kier alpha value is -1.96. The van der Waals surface area contributed by atoms with Gasteiger partial charge in [-0.05, 0) is 49.5 Å². The van der Waals surface area contributed by atoms with Gasteiger partial charge >= 0.3 is 0 Å². The molecule has 0 aliphatic carbocycles. The third kappa shape index (κ3) is 5.03. The molecule has 1 amide bonds. The summed E-state index contributed by atoms with van der Waals surface area (Å²) in [4.78, 5) is 18.8. The molecule has 2 heterocycles. The van der Waals surface area contributed by atoms with Crippen LogP contribution in [-0.2, 0) is 13.1 Å². The van der Waals surface area contributed by atoms with Gasteiger partial charge in [0.1, 0.15) is 16.5 Å². The van der Waals surface area contributed by atoms with Crippen molar-refractivity contribution in [3.05, 3.63) is 45.9 Å². The summed E-state index contributed by atoms with van der Waals surface area (Å²) >= 11 is 1.43. The van der Waals surface area contributed by atoms with Crippen molar-refractivity contribution in [3.8, 4) is 5.75 Å². The number of amides is 1. The van der Waals surface area contributed by atoms with E-state index in [0.29, 0.717) is 24.7 Å². The van der Waals surface area contributed by atoms with Crippen LogP contribution in [0.15, 0.2) is 29.6 Å². The second-order valence-corrected chi connectivity index (χ2v) is 7.55. The molecule has 1 aliphatic rings. The van der Waals surface area contributed by atoms with Gasteiger partial charge in [0.25, 0.3) is 5.91 Å². The number of rotatable bonds is 7. The Morgan fingerprint density at radius 2 is 2.08 bits per heavy atom. The fourth-order valence-corrected chi connectivity index (χ4v) is 3.83. The van der Waals surface area contributed by atoms with Crippen molar-refractivity contribution < 1.29 is 9.53 Å². The molecule has 1 saturated heterocycles. The third-order valence-corrected chi connectivity index (χ3v) is 5.65. The van der Waals surface area contributed by atoms with E-state index in [1.807, 2.05) is 12.1 Å². The van der Waals surface area contributed by atoms with Crippen LogP contribution in [0.25, 0.3) is 0 Å². The summed E-state index contributed by atoms with van der Waals surface area (Å²) in [6.45, 7) is 4.17. The highest BCUT2D eigenvalue weighted by Crippen LogP contribution is 2.20.